The number of nitrogens with zero attached hydrogens (tertiary/aromatic N) is 2. The van der Waals surface area contributed by atoms with Crippen LogP contribution in [0.4, 0.5) is 4.79 Å². The average Bonchev–Trinajstić information content (AvgIpc) is 3.24. The normalized spacial score (nSPS) is 23.9. The van der Waals surface area contributed by atoms with Gasteiger partial charge in [-0.05, 0) is 85.1 Å². The Kier molecular flexibility index (Phi) is 14.1. The molecule has 12 nitrogen and oxygen atoms in total. The molecule has 3 aromatic rings. The third kappa shape index (κ3) is 8.88. The number of allylic oxidation sites excluding steroid dienone is 1. The van der Waals surface area contributed by atoms with E-state index in [0.717, 1.165) is 48.7 Å². The molecule has 2 N–H and O–H groups in total. The second kappa shape index (κ2) is 19.3. The van der Waals surface area contributed by atoms with Crippen LogP contribution in [0.1, 0.15) is 72.3 Å². The summed E-state index contributed by atoms with van der Waals surface area (Å²) < 4.78 is 31.0. The molecule has 12 heteroatoms. The van der Waals surface area contributed by atoms with E-state index in [4.69, 9.17) is 33.7 Å². The monoisotopic (exact) mass is 782 g/mol. The summed E-state index contributed by atoms with van der Waals surface area (Å²) in [6.45, 7) is 4.53. The number of hydrogen-bond acceptors (Lipinski definition) is 11. The van der Waals surface area contributed by atoms with Gasteiger partial charge in [-0.2, -0.15) is 0 Å². The standard InChI is InChI=1S/C45H54N2O10/c1-5-23-54-45-41(47(2)44(51)53-4)27-38(46-55-29-30-13-7-6-8-14-30)36-25-31(15-9-11-21-48)35(16-10-12-22-49)42(43(36)45)37-26-34(18-20-40(37)57-45)56-33-17-19-39(52-3)32(24-33)28-50/h5-8,13-14,17-20,24-26,28,31,35,41-43,48-49H,1,9-12,15-16,21-23,27,29H2,2-4H3. The fourth-order valence-electron chi connectivity index (χ4n) is 8.83. The smallest absolute Gasteiger partial charge is 0.409 e. The Morgan fingerprint density at radius 3 is 2.44 bits per heavy atom. The van der Waals surface area contributed by atoms with E-state index in [1.165, 1.54) is 19.1 Å². The Morgan fingerprint density at radius 2 is 1.74 bits per heavy atom. The molecule has 0 aromatic heterocycles. The predicted octanol–water partition coefficient (Wildman–Crippen LogP) is 7.83. The van der Waals surface area contributed by atoms with Gasteiger partial charge in [-0.25, -0.2) is 4.79 Å². The van der Waals surface area contributed by atoms with E-state index < -0.39 is 23.8 Å². The molecule has 1 saturated carbocycles. The van der Waals surface area contributed by atoms with Crippen LogP contribution in [0.25, 0.3) is 0 Å². The van der Waals surface area contributed by atoms with Gasteiger partial charge in [0, 0.05) is 38.2 Å². The Morgan fingerprint density at radius 1 is 1.00 bits per heavy atom. The molecule has 1 amide bonds. The molecule has 3 aromatic carbocycles. The lowest BCUT2D eigenvalue weighted by molar-refractivity contribution is -0.253. The summed E-state index contributed by atoms with van der Waals surface area (Å²) in [5.41, 5.74) is 3.82. The lowest BCUT2D eigenvalue weighted by Crippen LogP contribution is -2.69. The number of aliphatic hydroxyl groups is 2. The van der Waals surface area contributed by atoms with E-state index >= 15 is 0 Å². The second-order valence-corrected chi connectivity index (χ2v) is 14.7. The Bertz CT molecular complexity index is 1910. The van der Waals surface area contributed by atoms with Gasteiger partial charge in [0.25, 0.3) is 0 Å². The first-order chi connectivity index (χ1) is 27.8. The lowest BCUT2D eigenvalue weighted by atomic mass is 9.55. The van der Waals surface area contributed by atoms with Gasteiger partial charge >= 0.3 is 6.09 Å². The summed E-state index contributed by atoms with van der Waals surface area (Å²) in [5.74, 6) is 0.00141. The number of benzene rings is 3. The fraction of sp³-hybridized carbons (Fsp3) is 0.444. The molecule has 3 aliphatic rings. The zero-order valence-electron chi connectivity index (χ0n) is 33.0. The average molecular weight is 783 g/mol. The first-order valence-electron chi connectivity index (χ1n) is 19.7. The van der Waals surface area contributed by atoms with Crippen molar-refractivity contribution in [1.29, 1.82) is 0 Å². The molecule has 2 aliphatic carbocycles. The van der Waals surface area contributed by atoms with E-state index in [-0.39, 0.29) is 50.6 Å². The summed E-state index contributed by atoms with van der Waals surface area (Å²) in [7, 11) is 4.54. The lowest BCUT2D eigenvalue weighted by Gasteiger charge is -2.59. The molecule has 6 unspecified atom stereocenters. The maximum atomic E-state index is 13.4. The molecular weight excluding hydrogens is 728 g/mol. The van der Waals surface area contributed by atoms with Gasteiger partial charge < -0.3 is 43.6 Å². The van der Waals surface area contributed by atoms with Crippen LogP contribution < -0.4 is 14.2 Å². The van der Waals surface area contributed by atoms with Crippen molar-refractivity contribution in [3.8, 4) is 23.0 Å². The van der Waals surface area contributed by atoms with Crippen LogP contribution >= 0.6 is 0 Å². The van der Waals surface area contributed by atoms with Crippen molar-refractivity contribution in [1.82, 2.24) is 4.90 Å². The largest absolute Gasteiger partial charge is 0.496 e. The van der Waals surface area contributed by atoms with Crippen molar-refractivity contribution in [3.63, 3.8) is 0 Å². The number of carbonyl (C=O) groups excluding carboxylic acids is 2. The Labute approximate surface area is 334 Å². The molecule has 1 heterocycles. The van der Waals surface area contributed by atoms with Gasteiger partial charge in [-0.1, -0.05) is 60.5 Å². The second-order valence-electron chi connectivity index (χ2n) is 14.7. The van der Waals surface area contributed by atoms with Crippen molar-refractivity contribution >= 4 is 18.1 Å². The number of aldehydes is 1. The zero-order valence-corrected chi connectivity index (χ0v) is 33.0. The highest BCUT2D eigenvalue weighted by Gasteiger charge is 2.65. The number of oxime groups is 1. The molecule has 0 saturated heterocycles. The summed E-state index contributed by atoms with van der Waals surface area (Å²) in [6.07, 6.45) is 8.88. The van der Waals surface area contributed by atoms with E-state index in [0.29, 0.717) is 47.1 Å². The highest BCUT2D eigenvalue weighted by molar-refractivity contribution is 6.03. The molecule has 57 heavy (non-hydrogen) atoms. The third-order valence-electron chi connectivity index (χ3n) is 11.4. The molecule has 1 fully saturated rings. The topological polar surface area (TPSA) is 146 Å². The summed E-state index contributed by atoms with van der Waals surface area (Å²) in [4.78, 5) is 32.9. The number of methoxy groups -OCH3 is 2. The SMILES string of the molecule is C=CCOC12Oc3ccc(Oc4ccc(OC)c(C=O)c4)cc3C3C(CCCCO)C(CCCCO)C=C(C(=NOCc4ccccc4)CC1N(C)C(=O)OC)C32. The quantitative estimate of drug-likeness (QED) is 0.0534. The minimum Gasteiger partial charge on any atom is -0.496 e. The molecule has 6 rings (SSSR count). The number of rotatable bonds is 19. The maximum absolute atomic E-state index is 13.4. The van der Waals surface area contributed by atoms with Gasteiger partial charge in [0.15, 0.2) is 6.29 Å². The minimum absolute atomic E-state index is 0.0323. The van der Waals surface area contributed by atoms with Gasteiger partial charge in [0.2, 0.25) is 5.79 Å². The van der Waals surface area contributed by atoms with Crippen LogP contribution in [-0.4, -0.2) is 86.1 Å². The molecule has 1 aliphatic heterocycles. The third-order valence-corrected chi connectivity index (χ3v) is 11.4. The van der Waals surface area contributed by atoms with Crippen molar-refractivity contribution in [3.05, 3.63) is 108 Å². The predicted molar refractivity (Wildman–Crippen MR) is 215 cm³/mol. The Hall–Kier alpha value is -5.17. The van der Waals surface area contributed by atoms with Gasteiger partial charge in [-0.15, -0.1) is 6.58 Å². The van der Waals surface area contributed by atoms with Crippen LogP contribution in [-0.2, 0) is 20.9 Å². The zero-order chi connectivity index (χ0) is 40.4. The van der Waals surface area contributed by atoms with E-state index in [1.54, 1.807) is 31.3 Å². The summed E-state index contributed by atoms with van der Waals surface area (Å²) in [5, 5.41) is 24.5. The highest BCUT2D eigenvalue weighted by Crippen LogP contribution is 2.62. The van der Waals surface area contributed by atoms with Gasteiger partial charge in [-0.3, -0.25) is 4.79 Å². The molecule has 304 valence electrons. The van der Waals surface area contributed by atoms with E-state index in [1.807, 2.05) is 48.5 Å². The fourth-order valence-corrected chi connectivity index (χ4v) is 8.83. The number of hydrogen-bond donors (Lipinski definition) is 2. The molecule has 0 bridgehead atoms. The van der Waals surface area contributed by atoms with Gasteiger partial charge in [0.05, 0.1) is 38.0 Å². The van der Waals surface area contributed by atoms with Crippen LogP contribution in [0.2, 0.25) is 0 Å². The van der Waals surface area contributed by atoms with Crippen molar-refractivity contribution < 1.29 is 48.3 Å². The molecule has 0 spiro atoms. The van der Waals surface area contributed by atoms with Crippen molar-refractivity contribution in [2.75, 3.05) is 41.1 Å². The number of carbonyl (C=O) groups is 2. The minimum atomic E-state index is -1.40. The first-order valence-corrected chi connectivity index (χ1v) is 19.7. The van der Waals surface area contributed by atoms with Crippen LogP contribution in [0.5, 0.6) is 23.0 Å². The molecule has 0 radical (unpaired) electrons. The number of amides is 1. The van der Waals surface area contributed by atoms with Crippen molar-refractivity contribution in [2.45, 2.75) is 69.3 Å². The Balaban J connectivity index is 1.55. The number of fused-ring (bicyclic) bond motifs is 2. The van der Waals surface area contributed by atoms with E-state index in [9.17, 15) is 19.8 Å². The number of likely N-dealkylation sites (N-methyl/N-ethyl adjacent to an activating group) is 1. The first kappa shape index (κ1) is 41.5. The molecule has 6 atom stereocenters. The van der Waals surface area contributed by atoms with Gasteiger partial charge in [0.1, 0.15) is 35.6 Å². The van der Waals surface area contributed by atoms with E-state index in [2.05, 4.69) is 12.7 Å². The van der Waals surface area contributed by atoms with Crippen molar-refractivity contribution in [2.24, 2.45) is 22.9 Å². The summed E-state index contributed by atoms with van der Waals surface area (Å²) in [6, 6.07) is 19.9. The van der Waals surface area contributed by atoms with Crippen LogP contribution in [0.15, 0.2) is 96.2 Å². The highest BCUT2D eigenvalue weighted by atomic mass is 16.7. The molecular formula is C45H54N2O10. The maximum Gasteiger partial charge on any atom is 0.409 e. The van der Waals surface area contributed by atoms with Crippen LogP contribution in [0, 0.1) is 17.8 Å². The number of ether oxygens (including phenoxy) is 5. The van der Waals surface area contributed by atoms with Crippen LogP contribution in [0.3, 0.4) is 0 Å². The summed E-state index contributed by atoms with van der Waals surface area (Å²) >= 11 is 0. The number of aliphatic hydroxyl groups excluding tert-OH is 2. The number of unbranched alkanes of at least 4 members (excludes halogenated alkanes) is 2.